The Labute approximate surface area is 156 Å². The van der Waals surface area contributed by atoms with Gasteiger partial charge in [-0.2, -0.15) is 5.10 Å². The molecule has 0 saturated carbocycles. The van der Waals surface area contributed by atoms with Crippen molar-refractivity contribution < 1.29 is 13.9 Å². The van der Waals surface area contributed by atoms with Crippen LogP contribution in [0, 0.1) is 0 Å². The van der Waals surface area contributed by atoms with Crippen LogP contribution in [0.4, 0.5) is 10.2 Å². The van der Waals surface area contributed by atoms with E-state index in [9.17, 15) is 9.18 Å². The van der Waals surface area contributed by atoms with Gasteiger partial charge in [0, 0.05) is 18.7 Å². The molecule has 1 amide bonds. The third kappa shape index (κ3) is 3.67. The lowest BCUT2D eigenvalue weighted by atomic mass is 10.2. The number of hydrogen-bond donors (Lipinski definition) is 0. The summed E-state index contributed by atoms with van der Waals surface area (Å²) in [5.41, 5.74) is 1.84. The standard InChI is InChI=1S/C20H19FN4O2/c21-10-9-15-5-4-8-19(22-15)24-11-12-25-18(20(24)26)13-16(23-25)14-27-17-6-2-1-3-7-17/h1-8,13H,9-12,14H2. The molecule has 0 atom stereocenters. The highest BCUT2D eigenvalue weighted by Gasteiger charge is 2.28. The number of anilines is 1. The summed E-state index contributed by atoms with van der Waals surface area (Å²) in [5, 5.41) is 4.47. The van der Waals surface area contributed by atoms with Crippen LogP contribution in [0.25, 0.3) is 0 Å². The van der Waals surface area contributed by atoms with Gasteiger partial charge in [0.1, 0.15) is 29.6 Å². The summed E-state index contributed by atoms with van der Waals surface area (Å²) in [4.78, 5) is 18.9. The highest BCUT2D eigenvalue weighted by atomic mass is 19.1. The zero-order chi connectivity index (χ0) is 18.6. The van der Waals surface area contributed by atoms with Crippen LogP contribution in [-0.4, -0.2) is 33.9 Å². The molecule has 0 spiro atoms. The zero-order valence-electron chi connectivity index (χ0n) is 14.7. The smallest absolute Gasteiger partial charge is 0.277 e. The van der Waals surface area contributed by atoms with Gasteiger partial charge in [-0.25, -0.2) is 4.98 Å². The third-order valence-corrected chi connectivity index (χ3v) is 4.38. The zero-order valence-corrected chi connectivity index (χ0v) is 14.7. The maximum Gasteiger partial charge on any atom is 0.277 e. The average Bonchev–Trinajstić information content (AvgIpc) is 3.12. The molecule has 0 bridgehead atoms. The van der Waals surface area contributed by atoms with Crippen molar-refractivity contribution in [1.29, 1.82) is 0 Å². The number of carbonyl (C=O) groups excluding carboxylic acids is 1. The minimum absolute atomic E-state index is 0.162. The van der Waals surface area contributed by atoms with Crippen molar-refractivity contribution >= 4 is 11.7 Å². The van der Waals surface area contributed by atoms with Gasteiger partial charge in [-0.3, -0.25) is 18.8 Å². The van der Waals surface area contributed by atoms with Crippen molar-refractivity contribution in [2.24, 2.45) is 0 Å². The minimum atomic E-state index is -0.470. The molecule has 6 nitrogen and oxygen atoms in total. The van der Waals surface area contributed by atoms with E-state index in [1.54, 1.807) is 33.8 Å². The van der Waals surface area contributed by atoms with Crippen LogP contribution in [0.1, 0.15) is 21.9 Å². The average molecular weight is 366 g/mol. The monoisotopic (exact) mass is 366 g/mol. The summed E-state index contributed by atoms with van der Waals surface area (Å²) in [5.74, 6) is 1.13. The highest BCUT2D eigenvalue weighted by molar-refractivity contribution is 6.05. The maximum atomic E-state index is 12.9. The molecule has 1 aliphatic heterocycles. The molecule has 0 N–H and O–H groups in total. The number of aryl methyl sites for hydroxylation is 1. The minimum Gasteiger partial charge on any atom is -0.487 e. The third-order valence-electron chi connectivity index (χ3n) is 4.38. The van der Waals surface area contributed by atoms with Gasteiger partial charge >= 0.3 is 0 Å². The summed E-state index contributed by atoms with van der Waals surface area (Å²) < 4.78 is 20.0. The largest absolute Gasteiger partial charge is 0.487 e. The van der Waals surface area contributed by atoms with Crippen molar-refractivity contribution in [3.05, 3.63) is 71.7 Å². The summed E-state index contributed by atoms with van der Waals surface area (Å²) in [6.07, 6.45) is 0.245. The Morgan fingerprint density at radius 1 is 1.04 bits per heavy atom. The van der Waals surface area contributed by atoms with Crippen LogP contribution in [0.2, 0.25) is 0 Å². The fraction of sp³-hybridized carbons (Fsp3) is 0.250. The van der Waals surface area contributed by atoms with Crippen LogP contribution >= 0.6 is 0 Å². The first-order valence-corrected chi connectivity index (χ1v) is 8.83. The number of aromatic nitrogens is 3. The van der Waals surface area contributed by atoms with E-state index in [0.29, 0.717) is 42.6 Å². The second kappa shape index (κ2) is 7.57. The number of benzene rings is 1. The maximum absolute atomic E-state index is 12.9. The number of pyridine rings is 1. The van der Waals surface area contributed by atoms with Gasteiger partial charge in [0.05, 0.1) is 13.2 Å². The van der Waals surface area contributed by atoms with Gasteiger partial charge in [0.25, 0.3) is 5.91 Å². The van der Waals surface area contributed by atoms with Crippen molar-refractivity contribution in [1.82, 2.24) is 14.8 Å². The van der Waals surface area contributed by atoms with Gasteiger partial charge in [-0.1, -0.05) is 24.3 Å². The first-order valence-electron chi connectivity index (χ1n) is 8.83. The molecule has 0 saturated heterocycles. The Balaban J connectivity index is 1.50. The molecule has 138 valence electrons. The van der Waals surface area contributed by atoms with E-state index in [2.05, 4.69) is 10.1 Å². The number of fused-ring (bicyclic) bond motifs is 1. The Bertz CT molecular complexity index is 942. The Morgan fingerprint density at radius 2 is 1.89 bits per heavy atom. The molecule has 4 rings (SSSR count). The van der Waals surface area contributed by atoms with Gasteiger partial charge in [0.2, 0.25) is 0 Å². The Hall–Kier alpha value is -3.22. The predicted molar refractivity (Wildman–Crippen MR) is 98.6 cm³/mol. The summed E-state index contributed by atoms with van der Waals surface area (Å²) in [6, 6.07) is 16.6. The predicted octanol–water partition coefficient (Wildman–Crippen LogP) is 3.03. The number of alkyl halides is 1. The van der Waals surface area contributed by atoms with Crippen LogP contribution in [0.15, 0.2) is 54.6 Å². The second-order valence-electron chi connectivity index (χ2n) is 6.23. The number of rotatable bonds is 6. The topological polar surface area (TPSA) is 60.2 Å². The molecular formula is C20H19FN4O2. The molecule has 0 fully saturated rings. The summed E-state index contributed by atoms with van der Waals surface area (Å²) >= 11 is 0. The lowest BCUT2D eigenvalue weighted by Crippen LogP contribution is -2.41. The first kappa shape index (κ1) is 17.2. The van der Waals surface area contributed by atoms with E-state index < -0.39 is 6.67 Å². The second-order valence-corrected chi connectivity index (χ2v) is 6.23. The van der Waals surface area contributed by atoms with Gasteiger partial charge < -0.3 is 4.74 Å². The van der Waals surface area contributed by atoms with Crippen LogP contribution < -0.4 is 9.64 Å². The van der Waals surface area contributed by atoms with E-state index in [1.807, 2.05) is 30.3 Å². The number of para-hydroxylation sites is 1. The molecule has 1 aromatic carbocycles. The SMILES string of the molecule is O=C1c2cc(COc3ccccc3)nn2CCN1c1cccc(CCF)n1. The Kier molecular flexibility index (Phi) is 4.82. The fourth-order valence-corrected chi connectivity index (χ4v) is 3.06. The molecule has 27 heavy (non-hydrogen) atoms. The molecule has 3 aromatic rings. The molecule has 2 aromatic heterocycles. The Morgan fingerprint density at radius 3 is 2.70 bits per heavy atom. The van der Waals surface area contributed by atoms with Crippen LogP contribution in [0.3, 0.4) is 0 Å². The quantitative estimate of drug-likeness (QED) is 0.673. The van der Waals surface area contributed by atoms with Crippen molar-refractivity contribution in [3.8, 4) is 5.75 Å². The van der Waals surface area contributed by atoms with E-state index in [-0.39, 0.29) is 12.3 Å². The van der Waals surface area contributed by atoms with Crippen molar-refractivity contribution in [2.75, 3.05) is 18.1 Å². The van der Waals surface area contributed by atoms with E-state index >= 15 is 0 Å². The summed E-state index contributed by atoms with van der Waals surface area (Å²) in [7, 11) is 0. The first-order chi connectivity index (χ1) is 13.2. The molecule has 7 heteroatoms. The highest BCUT2D eigenvalue weighted by Crippen LogP contribution is 2.21. The van der Waals surface area contributed by atoms with Gasteiger partial charge in [-0.05, 0) is 30.3 Å². The number of halogens is 1. The molecule has 1 aliphatic rings. The molecule has 0 radical (unpaired) electrons. The number of amides is 1. The molecule has 3 heterocycles. The number of hydrogen-bond acceptors (Lipinski definition) is 4. The number of ether oxygens (including phenoxy) is 1. The van der Waals surface area contributed by atoms with Crippen molar-refractivity contribution in [3.63, 3.8) is 0 Å². The molecular weight excluding hydrogens is 347 g/mol. The number of carbonyl (C=O) groups is 1. The van der Waals surface area contributed by atoms with Gasteiger partial charge in [-0.15, -0.1) is 0 Å². The van der Waals surface area contributed by atoms with Crippen LogP contribution in [0.5, 0.6) is 5.75 Å². The molecule has 0 aliphatic carbocycles. The lowest BCUT2D eigenvalue weighted by Gasteiger charge is -2.26. The molecule has 0 unspecified atom stereocenters. The summed E-state index contributed by atoms with van der Waals surface area (Å²) in [6.45, 7) is 0.865. The van der Waals surface area contributed by atoms with E-state index in [0.717, 1.165) is 5.75 Å². The van der Waals surface area contributed by atoms with E-state index in [4.69, 9.17) is 4.74 Å². The fourth-order valence-electron chi connectivity index (χ4n) is 3.06. The number of nitrogens with zero attached hydrogens (tertiary/aromatic N) is 4. The van der Waals surface area contributed by atoms with Crippen LogP contribution in [-0.2, 0) is 19.6 Å². The van der Waals surface area contributed by atoms with E-state index in [1.165, 1.54) is 0 Å². The lowest BCUT2D eigenvalue weighted by molar-refractivity contribution is 0.0961. The van der Waals surface area contributed by atoms with Gasteiger partial charge in [0.15, 0.2) is 0 Å². The van der Waals surface area contributed by atoms with Crippen molar-refractivity contribution in [2.45, 2.75) is 19.6 Å². The normalized spacial score (nSPS) is 13.5.